The Kier molecular flexibility index (Phi) is 5.58. The SMILES string of the molecule is Cc1sc(NC(=O)c2ccc(Cl)c(S(C)(=O)=O)c2)nc1-c1ccc(Cl)cc1. The summed E-state index contributed by atoms with van der Waals surface area (Å²) in [6.07, 6.45) is 1.04. The number of carbonyl (C=O) groups excluding carboxylic acids is 1. The highest BCUT2D eigenvalue weighted by Gasteiger charge is 2.17. The normalized spacial score (nSPS) is 11.4. The van der Waals surface area contributed by atoms with Crippen molar-refractivity contribution in [2.24, 2.45) is 0 Å². The number of benzene rings is 2. The Morgan fingerprint density at radius 1 is 1.11 bits per heavy atom. The minimum atomic E-state index is -3.54. The topological polar surface area (TPSA) is 76.1 Å². The molecular formula is C18H14Cl2N2O3S2. The fourth-order valence-electron chi connectivity index (χ4n) is 2.42. The second kappa shape index (κ2) is 7.59. The van der Waals surface area contributed by atoms with Crippen LogP contribution in [0, 0.1) is 6.92 Å². The van der Waals surface area contributed by atoms with Gasteiger partial charge in [-0.1, -0.05) is 35.3 Å². The van der Waals surface area contributed by atoms with E-state index in [9.17, 15) is 13.2 Å². The molecule has 1 heterocycles. The second-order valence-corrected chi connectivity index (χ2v) is 9.83. The predicted molar refractivity (Wildman–Crippen MR) is 110 cm³/mol. The van der Waals surface area contributed by atoms with Crippen molar-refractivity contribution < 1.29 is 13.2 Å². The average Bonchev–Trinajstić information content (AvgIpc) is 2.95. The summed E-state index contributed by atoms with van der Waals surface area (Å²) in [4.78, 5) is 17.8. The molecule has 3 aromatic rings. The van der Waals surface area contributed by atoms with Gasteiger partial charge in [-0.3, -0.25) is 10.1 Å². The fraction of sp³-hybridized carbons (Fsp3) is 0.111. The van der Waals surface area contributed by atoms with Crippen LogP contribution in [0.5, 0.6) is 0 Å². The van der Waals surface area contributed by atoms with Crippen LogP contribution in [-0.4, -0.2) is 25.6 Å². The molecule has 140 valence electrons. The van der Waals surface area contributed by atoms with Gasteiger partial charge >= 0.3 is 0 Å². The van der Waals surface area contributed by atoms with Gasteiger partial charge in [-0.2, -0.15) is 0 Å². The van der Waals surface area contributed by atoms with Crippen LogP contribution in [0.25, 0.3) is 11.3 Å². The first-order valence-electron chi connectivity index (χ1n) is 7.69. The third kappa shape index (κ3) is 4.50. The second-order valence-electron chi connectivity index (χ2n) is 5.80. The van der Waals surface area contributed by atoms with Crippen molar-refractivity contribution >= 4 is 55.4 Å². The zero-order valence-electron chi connectivity index (χ0n) is 14.3. The lowest BCUT2D eigenvalue weighted by Crippen LogP contribution is -2.12. The van der Waals surface area contributed by atoms with E-state index in [4.69, 9.17) is 23.2 Å². The number of amides is 1. The molecule has 0 spiro atoms. The Labute approximate surface area is 170 Å². The largest absolute Gasteiger partial charge is 0.298 e. The van der Waals surface area contributed by atoms with Gasteiger partial charge in [0.05, 0.1) is 15.6 Å². The number of halogens is 2. The molecule has 0 radical (unpaired) electrons. The molecule has 1 amide bonds. The lowest BCUT2D eigenvalue weighted by molar-refractivity contribution is 0.102. The van der Waals surface area contributed by atoms with Gasteiger partial charge in [0.2, 0.25) is 0 Å². The van der Waals surface area contributed by atoms with E-state index in [-0.39, 0.29) is 15.5 Å². The molecule has 2 aromatic carbocycles. The number of rotatable bonds is 4. The van der Waals surface area contributed by atoms with Gasteiger partial charge in [0.1, 0.15) is 0 Å². The summed E-state index contributed by atoms with van der Waals surface area (Å²) in [5.74, 6) is -0.465. The molecule has 5 nitrogen and oxygen atoms in total. The summed E-state index contributed by atoms with van der Waals surface area (Å²) in [6, 6.07) is 11.4. The molecule has 1 aromatic heterocycles. The van der Waals surface area contributed by atoms with Crippen LogP contribution in [0.15, 0.2) is 47.4 Å². The third-order valence-corrected chi connectivity index (χ3v) is 6.44. The van der Waals surface area contributed by atoms with E-state index in [2.05, 4.69) is 10.3 Å². The molecule has 0 saturated carbocycles. The molecular weight excluding hydrogens is 427 g/mol. The first-order chi connectivity index (χ1) is 12.6. The Balaban J connectivity index is 1.87. The number of aryl methyl sites for hydroxylation is 1. The van der Waals surface area contributed by atoms with E-state index >= 15 is 0 Å². The van der Waals surface area contributed by atoms with Crippen LogP contribution in [-0.2, 0) is 9.84 Å². The van der Waals surface area contributed by atoms with Crippen molar-refractivity contribution in [2.75, 3.05) is 11.6 Å². The van der Waals surface area contributed by atoms with E-state index < -0.39 is 15.7 Å². The zero-order valence-corrected chi connectivity index (χ0v) is 17.4. The van der Waals surface area contributed by atoms with Crippen molar-refractivity contribution in [3.05, 3.63) is 63.0 Å². The Morgan fingerprint density at radius 3 is 2.41 bits per heavy atom. The Morgan fingerprint density at radius 2 is 1.78 bits per heavy atom. The number of anilines is 1. The lowest BCUT2D eigenvalue weighted by Gasteiger charge is -2.06. The van der Waals surface area contributed by atoms with E-state index in [1.807, 2.05) is 19.1 Å². The van der Waals surface area contributed by atoms with Crippen molar-refractivity contribution in [2.45, 2.75) is 11.8 Å². The maximum atomic E-state index is 12.5. The minimum Gasteiger partial charge on any atom is -0.298 e. The van der Waals surface area contributed by atoms with Crippen LogP contribution >= 0.6 is 34.5 Å². The first kappa shape index (κ1) is 19.8. The van der Waals surface area contributed by atoms with E-state index in [0.29, 0.717) is 10.2 Å². The number of nitrogens with zero attached hydrogens (tertiary/aromatic N) is 1. The number of hydrogen-bond acceptors (Lipinski definition) is 5. The van der Waals surface area contributed by atoms with E-state index in [0.717, 1.165) is 22.4 Å². The van der Waals surface area contributed by atoms with Crippen molar-refractivity contribution in [1.29, 1.82) is 0 Å². The molecule has 3 rings (SSSR count). The first-order valence-corrected chi connectivity index (χ1v) is 11.2. The fourth-order valence-corrected chi connectivity index (χ4v) is 4.68. The summed E-state index contributed by atoms with van der Waals surface area (Å²) in [6.45, 7) is 1.90. The average molecular weight is 441 g/mol. The highest BCUT2D eigenvalue weighted by atomic mass is 35.5. The summed E-state index contributed by atoms with van der Waals surface area (Å²) in [5.41, 5.74) is 1.82. The van der Waals surface area contributed by atoms with E-state index in [1.165, 1.54) is 29.5 Å². The number of thiazole rings is 1. The monoisotopic (exact) mass is 440 g/mol. The predicted octanol–water partition coefficient (Wildman–Crippen LogP) is 5.08. The molecule has 1 N–H and O–H groups in total. The minimum absolute atomic E-state index is 0.0733. The molecule has 0 aliphatic heterocycles. The number of sulfone groups is 1. The van der Waals surface area contributed by atoms with Gasteiger partial charge in [-0.05, 0) is 37.3 Å². The number of nitrogens with one attached hydrogen (secondary N) is 1. The van der Waals surface area contributed by atoms with Crippen LogP contribution in [0.3, 0.4) is 0 Å². The molecule has 0 unspecified atom stereocenters. The molecule has 0 bridgehead atoms. The highest BCUT2D eigenvalue weighted by Crippen LogP contribution is 2.31. The Hall–Kier alpha value is -1.93. The quantitative estimate of drug-likeness (QED) is 0.613. The number of aromatic nitrogens is 1. The summed E-state index contributed by atoms with van der Waals surface area (Å²) >= 11 is 13.2. The van der Waals surface area contributed by atoms with Gasteiger partial charge in [-0.15, -0.1) is 11.3 Å². The summed E-state index contributed by atoms with van der Waals surface area (Å²) in [7, 11) is -3.54. The van der Waals surface area contributed by atoms with Crippen LogP contribution in [0.2, 0.25) is 10.0 Å². The van der Waals surface area contributed by atoms with Gasteiger partial charge in [0.25, 0.3) is 5.91 Å². The summed E-state index contributed by atoms with van der Waals surface area (Å²) in [5, 5.41) is 3.82. The maximum Gasteiger partial charge on any atom is 0.257 e. The van der Waals surface area contributed by atoms with Crippen LogP contribution in [0.4, 0.5) is 5.13 Å². The molecule has 0 saturated heterocycles. The van der Waals surface area contributed by atoms with Crippen LogP contribution in [0.1, 0.15) is 15.2 Å². The Bertz CT molecular complexity index is 1120. The smallest absolute Gasteiger partial charge is 0.257 e. The molecule has 0 aliphatic rings. The zero-order chi connectivity index (χ0) is 19.8. The van der Waals surface area contributed by atoms with Gasteiger partial charge in [-0.25, -0.2) is 13.4 Å². The highest BCUT2D eigenvalue weighted by molar-refractivity contribution is 7.90. The number of hydrogen-bond donors (Lipinski definition) is 1. The van der Waals surface area contributed by atoms with E-state index in [1.54, 1.807) is 12.1 Å². The van der Waals surface area contributed by atoms with Crippen LogP contribution < -0.4 is 5.32 Å². The van der Waals surface area contributed by atoms with Crippen molar-refractivity contribution in [3.8, 4) is 11.3 Å². The maximum absolute atomic E-state index is 12.5. The summed E-state index contributed by atoms with van der Waals surface area (Å²) < 4.78 is 23.6. The lowest BCUT2D eigenvalue weighted by atomic mass is 10.1. The molecule has 0 aliphatic carbocycles. The van der Waals surface area contributed by atoms with Gasteiger partial charge < -0.3 is 0 Å². The standard InChI is InChI=1S/C18H14Cl2N2O3S2/c1-10-16(11-3-6-13(19)7-4-11)21-18(26-10)22-17(23)12-5-8-14(20)15(9-12)27(2,24)25/h3-9H,1-2H3,(H,21,22,23). The molecule has 0 atom stereocenters. The number of carbonyl (C=O) groups is 1. The van der Waals surface area contributed by atoms with Gasteiger partial charge in [0.15, 0.2) is 15.0 Å². The molecule has 0 fully saturated rings. The third-order valence-electron chi connectivity index (χ3n) is 3.73. The molecule has 9 heteroatoms. The molecule has 27 heavy (non-hydrogen) atoms. The van der Waals surface area contributed by atoms with Crippen molar-refractivity contribution in [1.82, 2.24) is 4.98 Å². The van der Waals surface area contributed by atoms with Crippen molar-refractivity contribution in [3.63, 3.8) is 0 Å². The van der Waals surface area contributed by atoms with Gasteiger partial charge in [0, 0.05) is 27.3 Å².